The Bertz CT molecular complexity index is 725. The Morgan fingerprint density at radius 2 is 2.04 bits per heavy atom. The van der Waals surface area contributed by atoms with E-state index in [4.69, 9.17) is 4.42 Å². The Kier molecular flexibility index (Phi) is 4.74. The number of likely N-dealkylation sites (tertiary alicyclic amines) is 2. The molecule has 3 fully saturated rings. The maximum Gasteiger partial charge on any atom is 0.313 e. The molecule has 2 aliphatic heterocycles. The maximum atomic E-state index is 12.8. The number of carboxylic acids is 1. The van der Waals surface area contributed by atoms with Gasteiger partial charge in [0.2, 0.25) is 5.91 Å². The fourth-order valence-corrected chi connectivity index (χ4v) is 5.08. The molecular formula is C20H29N3O4. The van der Waals surface area contributed by atoms with E-state index in [1.54, 1.807) is 6.26 Å². The van der Waals surface area contributed by atoms with Gasteiger partial charge in [0.15, 0.2) is 5.89 Å². The van der Waals surface area contributed by atoms with Crippen molar-refractivity contribution in [2.75, 3.05) is 26.2 Å². The summed E-state index contributed by atoms with van der Waals surface area (Å²) in [7, 11) is 0. The Labute approximate surface area is 159 Å². The first-order valence-electron chi connectivity index (χ1n) is 10.1. The van der Waals surface area contributed by atoms with E-state index in [1.807, 2.05) is 18.7 Å². The summed E-state index contributed by atoms with van der Waals surface area (Å²) in [4.78, 5) is 33.5. The van der Waals surface area contributed by atoms with Crippen LogP contribution in [0.25, 0.3) is 0 Å². The van der Waals surface area contributed by atoms with E-state index in [0.29, 0.717) is 38.6 Å². The van der Waals surface area contributed by atoms with Crippen LogP contribution in [-0.2, 0) is 16.1 Å². The summed E-state index contributed by atoms with van der Waals surface area (Å²) in [6, 6.07) is 0. The molecule has 1 aromatic heterocycles. The quantitative estimate of drug-likeness (QED) is 0.850. The molecule has 2 saturated heterocycles. The molecule has 0 unspecified atom stereocenters. The molecular weight excluding hydrogens is 346 g/mol. The molecule has 27 heavy (non-hydrogen) atoms. The summed E-state index contributed by atoms with van der Waals surface area (Å²) < 4.78 is 5.50. The molecule has 3 aliphatic rings. The van der Waals surface area contributed by atoms with Gasteiger partial charge in [-0.15, -0.1) is 0 Å². The van der Waals surface area contributed by atoms with Gasteiger partial charge in [-0.3, -0.25) is 14.5 Å². The second-order valence-electron chi connectivity index (χ2n) is 8.86. The number of hydrogen-bond donors (Lipinski definition) is 1. The lowest BCUT2D eigenvalue weighted by atomic mass is 9.81. The Hall–Kier alpha value is -1.89. The van der Waals surface area contributed by atoms with Crippen LogP contribution in [0.3, 0.4) is 0 Å². The van der Waals surface area contributed by atoms with Crippen LogP contribution in [0.4, 0.5) is 0 Å². The van der Waals surface area contributed by atoms with Crippen molar-refractivity contribution in [2.24, 2.45) is 17.3 Å². The number of oxazole rings is 1. The number of aliphatic carboxylic acids is 1. The second kappa shape index (κ2) is 6.93. The lowest BCUT2D eigenvalue weighted by Gasteiger charge is -2.26. The van der Waals surface area contributed by atoms with Crippen molar-refractivity contribution < 1.29 is 19.1 Å². The van der Waals surface area contributed by atoms with Gasteiger partial charge in [0.25, 0.3) is 0 Å². The third-order valence-corrected chi connectivity index (χ3v) is 6.57. The van der Waals surface area contributed by atoms with Crippen LogP contribution in [0.5, 0.6) is 0 Å². The number of fused-ring (bicyclic) bond motifs is 1. The number of carbonyl (C=O) groups is 2. The Morgan fingerprint density at radius 3 is 2.63 bits per heavy atom. The monoisotopic (exact) mass is 375 g/mol. The highest BCUT2D eigenvalue weighted by Crippen LogP contribution is 2.44. The van der Waals surface area contributed by atoms with Crippen molar-refractivity contribution in [3.05, 3.63) is 17.8 Å². The number of nitrogens with zero attached hydrogens (tertiary/aromatic N) is 3. The van der Waals surface area contributed by atoms with Crippen molar-refractivity contribution in [2.45, 2.75) is 52.0 Å². The van der Waals surface area contributed by atoms with Gasteiger partial charge >= 0.3 is 5.97 Å². The van der Waals surface area contributed by atoms with Crippen LogP contribution in [0.1, 0.15) is 57.0 Å². The van der Waals surface area contributed by atoms with Gasteiger partial charge in [0.1, 0.15) is 11.7 Å². The molecule has 3 heterocycles. The van der Waals surface area contributed by atoms with Gasteiger partial charge in [0, 0.05) is 50.5 Å². The van der Waals surface area contributed by atoms with E-state index in [-0.39, 0.29) is 23.7 Å². The minimum atomic E-state index is -0.848. The van der Waals surface area contributed by atoms with Crippen LogP contribution >= 0.6 is 0 Å². The van der Waals surface area contributed by atoms with Gasteiger partial charge < -0.3 is 14.4 Å². The van der Waals surface area contributed by atoms with Crippen LogP contribution in [0.15, 0.2) is 10.7 Å². The number of aromatic nitrogens is 1. The predicted octanol–water partition coefficient (Wildman–Crippen LogP) is 2.33. The molecule has 2 atom stereocenters. The third-order valence-electron chi connectivity index (χ3n) is 6.57. The minimum absolute atomic E-state index is 0.0168. The van der Waals surface area contributed by atoms with E-state index < -0.39 is 11.4 Å². The van der Waals surface area contributed by atoms with E-state index in [1.165, 1.54) is 0 Å². The molecule has 7 heteroatoms. The lowest BCUT2D eigenvalue weighted by Crippen LogP contribution is -2.43. The molecule has 0 aromatic carbocycles. The summed E-state index contributed by atoms with van der Waals surface area (Å²) in [5.41, 5.74) is -0.00287. The number of rotatable bonds is 5. The summed E-state index contributed by atoms with van der Waals surface area (Å²) in [5, 5.41) is 10.0. The van der Waals surface area contributed by atoms with Gasteiger partial charge in [0.05, 0.1) is 5.69 Å². The van der Waals surface area contributed by atoms with Gasteiger partial charge in [-0.1, -0.05) is 26.7 Å². The minimum Gasteiger partial charge on any atom is -0.481 e. The molecule has 1 saturated carbocycles. The lowest BCUT2D eigenvalue weighted by molar-refractivity contribution is -0.149. The fraction of sp³-hybridized carbons (Fsp3) is 0.750. The smallest absolute Gasteiger partial charge is 0.313 e. The summed E-state index contributed by atoms with van der Waals surface area (Å²) in [6.45, 7) is 6.72. The first-order chi connectivity index (χ1) is 12.9. The predicted molar refractivity (Wildman–Crippen MR) is 98.0 cm³/mol. The topological polar surface area (TPSA) is 86.9 Å². The van der Waals surface area contributed by atoms with E-state index >= 15 is 0 Å². The molecule has 0 spiro atoms. The molecule has 1 N–H and O–H groups in total. The Morgan fingerprint density at radius 1 is 1.30 bits per heavy atom. The first kappa shape index (κ1) is 18.5. The number of amides is 1. The molecule has 7 nitrogen and oxygen atoms in total. The maximum absolute atomic E-state index is 12.8. The van der Waals surface area contributed by atoms with E-state index in [9.17, 15) is 14.7 Å². The summed E-state index contributed by atoms with van der Waals surface area (Å²) in [6.07, 6.45) is 5.81. The first-order valence-corrected chi connectivity index (χ1v) is 10.1. The zero-order chi connectivity index (χ0) is 19.2. The van der Waals surface area contributed by atoms with Gasteiger partial charge in [-0.05, 0) is 12.8 Å². The molecule has 1 aliphatic carbocycles. The van der Waals surface area contributed by atoms with Gasteiger partial charge in [-0.2, -0.15) is 0 Å². The molecule has 0 bridgehead atoms. The zero-order valence-corrected chi connectivity index (χ0v) is 16.2. The molecule has 1 amide bonds. The average molecular weight is 375 g/mol. The summed E-state index contributed by atoms with van der Waals surface area (Å²) >= 11 is 0. The van der Waals surface area contributed by atoms with Crippen LogP contribution in [0.2, 0.25) is 0 Å². The number of hydrogen-bond acceptors (Lipinski definition) is 5. The fourth-order valence-electron chi connectivity index (χ4n) is 5.08. The normalized spacial score (nSPS) is 29.0. The van der Waals surface area contributed by atoms with Crippen molar-refractivity contribution in [3.63, 3.8) is 0 Å². The van der Waals surface area contributed by atoms with Crippen LogP contribution in [-0.4, -0.2) is 57.9 Å². The molecule has 1 aromatic rings. The van der Waals surface area contributed by atoms with E-state index in [2.05, 4.69) is 9.88 Å². The summed E-state index contributed by atoms with van der Waals surface area (Å²) in [5.74, 6) is 0.432. The number of carboxylic acid groups (broad SMARTS) is 1. The standard InChI is InChI=1S/C20H29N3O4/c1-13(2)17-21-16(10-27-17)9-22-7-15-8-23(12-20(15,11-22)19(25)26)18(24)14-5-3-4-6-14/h10,13-15H,3-9,11-12H2,1-2H3,(H,25,26)/t15-,20-/m0/s1. The van der Waals surface area contributed by atoms with Crippen LogP contribution < -0.4 is 0 Å². The highest BCUT2D eigenvalue weighted by Gasteiger charge is 2.58. The van der Waals surface area contributed by atoms with Crippen molar-refractivity contribution >= 4 is 11.9 Å². The van der Waals surface area contributed by atoms with Crippen molar-refractivity contribution in [1.29, 1.82) is 0 Å². The molecule has 0 radical (unpaired) electrons. The van der Waals surface area contributed by atoms with Crippen LogP contribution in [0, 0.1) is 17.3 Å². The molecule has 148 valence electrons. The Balaban J connectivity index is 1.44. The SMILES string of the molecule is CC(C)c1nc(CN2C[C@H]3CN(C(=O)C4CCCC4)C[C@@]3(C(=O)O)C2)co1. The largest absolute Gasteiger partial charge is 0.481 e. The average Bonchev–Trinajstić information content (AvgIpc) is 3.37. The zero-order valence-electron chi connectivity index (χ0n) is 16.2. The highest BCUT2D eigenvalue weighted by atomic mass is 16.4. The molecule has 4 rings (SSSR count). The van der Waals surface area contributed by atoms with E-state index in [0.717, 1.165) is 31.4 Å². The second-order valence-corrected chi connectivity index (χ2v) is 8.86. The highest BCUT2D eigenvalue weighted by molar-refractivity contribution is 5.83. The van der Waals surface area contributed by atoms with Crippen molar-refractivity contribution in [1.82, 2.24) is 14.8 Å². The third kappa shape index (κ3) is 3.26. The van der Waals surface area contributed by atoms with Crippen molar-refractivity contribution in [3.8, 4) is 0 Å². The van der Waals surface area contributed by atoms with Gasteiger partial charge in [-0.25, -0.2) is 4.98 Å². The number of carbonyl (C=O) groups excluding carboxylic acids is 1.